The number of rotatable bonds is 10. The molecular formula is C27H34N10O5S. The third kappa shape index (κ3) is 8.56. The van der Waals surface area contributed by atoms with Gasteiger partial charge in [-0.2, -0.15) is 10.1 Å². The van der Waals surface area contributed by atoms with E-state index in [1.807, 2.05) is 0 Å². The van der Waals surface area contributed by atoms with E-state index in [9.17, 15) is 13.2 Å². The van der Waals surface area contributed by atoms with Crippen LogP contribution in [0.2, 0.25) is 0 Å². The second-order valence-corrected chi connectivity index (χ2v) is 12.7. The van der Waals surface area contributed by atoms with Crippen LogP contribution in [-0.2, 0) is 19.5 Å². The zero-order valence-corrected chi connectivity index (χ0v) is 25.0. The van der Waals surface area contributed by atoms with Gasteiger partial charge < -0.3 is 14.8 Å². The summed E-state index contributed by atoms with van der Waals surface area (Å²) in [4.78, 5) is 31.6. The fraction of sp³-hybridized carbons (Fsp3) is 0.407. The van der Waals surface area contributed by atoms with Crippen LogP contribution in [0.25, 0.3) is 16.7 Å². The van der Waals surface area contributed by atoms with Crippen LogP contribution in [0.15, 0.2) is 49.1 Å². The summed E-state index contributed by atoms with van der Waals surface area (Å²) in [6.45, 7) is 9.05. The monoisotopic (exact) mass is 610 g/mol. The van der Waals surface area contributed by atoms with Crippen LogP contribution in [0.5, 0.6) is 0 Å². The normalized spacial score (nSPS) is 14.4. The van der Waals surface area contributed by atoms with Gasteiger partial charge in [-0.05, 0) is 58.0 Å². The number of aromatic nitrogens is 6. The summed E-state index contributed by atoms with van der Waals surface area (Å²) >= 11 is 0. The molecule has 0 saturated carbocycles. The maximum atomic E-state index is 12.5. The summed E-state index contributed by atoms with van der Waals surface area (Å²) in [6, 6.07) is 6.64. The first-order chi connectivity index (χ1) is 20.5. The van der Waals surface area contributed by atoms with E-state index < -0.39 is 21.7 Å². The van der Waals surface area contributed by atoms with Crippen molar-refractivity contribution >= 4 is 50.4 Å². The summed E-state index contributed by atoms with van der Waals surface area (Å²) in [5, 5.41) is 10.8. The number of anilines is 4. The highest BCUT2D eigenvalue weighted by molar-refractivity contribution is 7.92. The highest BCUT2D eigenvalue weighted by atomic mass is 32.2. The number of hydrogen-bond donors (Lipinski definition) is 3. The molecule has 1 aliphatic rings. The van der Waals surface area contributed by atoms with E-state index in [2.05, 4.69) is 45.3 Å². The molecule has 1 amide bonds. The second-order valence-electron chi connectivity index (χ2n) is 10.8. The molecule has 0 unspecified atom stereocenters. The molecule has 228 valence electrons. The molecule has 1 fully saturated rings. The Hall–Kier alpha value is -4.41. The molecule has 4 aromatic heterocycles. The molecule has 0 aromatic carbocycles. The largest absolute Gasteiger partial charge is 0.444 e. The molecule has 0 radical (unpaired) electrons. The Morgan fingerprint density at radius 2 is 1.77 bits per heavy atom. The van der Waals surface area contributed by atoms with E-state index in [4.69, 9.17) is 9.47 Å². The van der Waals surface area contributed by atoms with Crippen molar-refractivity contribution in [1.29, 1.82) is 0 Å². The van der Waals surface area contributed by atoms with Gasteiger partial charge in [-0.3, -0.25) is 14.9 Å². The first-order valence-electron chi connectivity index (χ1n) is 13.7. The van der Waals surface area contributed by atoms with Gasteiger partial charge in [0.2, 0.25) is 16.0 Å². The number of carbonyl (C=O) groups excluding carboxylic acids is 1. The fourth-order valence-corrected chi connectivity index (χ4v) is 5.28. The highest BCUT2D eigenvalue weighted by Crippen LogP contribution is 2.20. The number of carbonyl (C=O) groups is 1. The molecule has 0 bridgehead atoms. The van der Waals surface area contributed by atoms with Gasteiger partial charge in [0, 0.05) is 19.3 Å². The molecule has 15 nitrogen and oxygen atoms in total. The van der Waals surface area contributed by atoms with Crippen LogP contribution in [0, 0.1) is 0 Å². The molecule has 5 heterocycles. The van der Waals surface area contributed by atoms with Crippen LogP contribution < -0.4 is 15.4 Å². The quantitative estimate of drug-likeness (QED) is 0.239. The summed E-state index contributed by atoms with van der Waals surface area (Å²) in [5.41, 5.74) is 1.10. The van der Waals surface area contributed by atoms with Crippen molar-refractivity contribution in [2.75, 3.05) is 54.0 Å². The van der Waals surface area contributed by atoms with Crippen LogP contribution in [0.1, 0.15) is 27.2 Å². The van der Waals surface area contributed by atoms with Crippen molar-refractivity contribution in [3.8, 4) is 5.69 Å². The number of pyridine rings is 2. The molecule has 43 heavy (non-hydrogen) atoms. The first kappa shape index (κ1) is 30.1. The fourth-order valence-electron chi connectivity index (χ4n) is 4.23. The minimum atomic E-state index is -3.53. The molecule has 0 spiro atoms. The SMILES string of the molecule is CC(C)(C)OC(=O)Nc1ccc(-n2ncc3cnc(Nc4ccc(NS(=O)(=O)CCCN5CCOCC5)nc4)nc32)cn1. The van der Waals surface area contributed by atoms with E-state index in [1.165, 1.54) is 6.20 Å². The van der Waals surface area contributed by atoms with Crippen molar-refractivity contribution in [2.45, 2.75) is 32.8 Å². The average Bonchev–Trinajstić information content (AvgIpc) is 3.37. The van der Waals surface area contributed by atoms with Crippen LogP contribution in [0.3, 0.4) is 0 Å². The number of amides is 1. The second kappa shape index (κ2) is 12.8. The third-order valence-corrected chi connectivity index (χ3v) is 7.55. The highest BCUT2D eigenvalue weighted by Gasteiger charge is 2.17. The van der Waals surface area contributed by atoms with Gasteiger partial charge in [-0.1, -0.05) is 0 Å². The number of ether oxygens (including phenoxy) is 2. The topological polar surface area (TPSA) is 178 Å². The Bertz CT molecular complexity index is 1650. The molecule has 1 saturated heterocycles. The Labute approximate surface area is 249 Å². The minimum Gasteiger partial charge on any atom is -0.444 e. The van der Waals surface area contributed by atoms with Gasteiger partial charge in [-0.25, -0.2) is 32.8 Å². The molecule has 1 aliphatic heterocycles. The third-order valence-electron chi connectivity index (χ3n) is 6.20. The van der Waals surface area contributed by atoms with Gasteiger partial charge in [0.05, 0.1) is 54.3 Å². The van der Waals surface area contributed by atoms with Gasteiger partial charge in [0.25, 0.3) is 0 Å². The molecule has 0 atom stereocenters. The zero-order valence-electron chi connectivity index (χ0n) is 24.1. The Morgan fingerprint density at radius 1 is 1.00 bits per heavy atom. The van der Waals surface area contributed by atoms with Gasteiger partial charge in [0.1, 0.15) is 17.2 Å². The minimum absolute atomic E-state index is 0.00603. The van der Waals surface area contributed by atoms with Crippen LogP contribution in [0.4, 0.5) is 28.1 Å². The lowest BCUT2D eigenvalue weighted by Crippen LogP contribution is -2.37. The molecule has 4 aromatic rings. The molecular weight excluding hydrogens is 576 g/mol. The number of nitrogens with one attached hydrogen (secondary N) is 3. The lowest BCUT2D eigenvalue weighted by molar-refractivity contribution is 0.0381. The summed E-state index contributed by atoms with van der Waals surface area (Å²) < 4.78 is 39.7. The molecule has 16 heteroatoms. The smallest absolute Gasteiger partial charge is 0.413 e. The van der Waals surface area contributed by atoms with E-state index in [0.717, 1.165) is 13.1 Å². The average molecular weight is 611 g/mol. The van der Waals surface area contributed by atoms with E-state index in [1.54, 1.807) is 68.3 Å². The number of nitrogens with zero attached hydrogens (tertiary/aromatic N) is 7. The number of morpholine rings is 1. The molecule has 0 aliphatic carbocycles. The first-order valence-corrected chi connectivity index (χ1v) is 15.4. The number of sulfonamides is 1. The lowest BCUT2D eigenvalue weighted by Gasteiger charge is -2.26. The standard InChI is InChI=1S/C27H34N10O5S/c1-27(2,3)42-26(38)33-22-8-6-21(18-29-22)37-24-19(16-31-37)15-30-25(34-24)32-20-5-7-23(28-17-20)35-43(39,40)14-4-9-36-10-12-41-13-11-36/h5-8,15-18H,4,9-14H2,1-3H3,(H,28,35)(H,29,33,38)(H,30,32,34). The maximum absolute atomic E-state index is 12.5. The van der Waals surface area contributed by atoms with E-state index in [0.29, 0.717) is 60.4 Å². The molecule has 3 N–H and O–H groups in total. The number of fused-ring (bicyclic) bond motifs is 1. The van der Waals surface area contributed by atoms with Gasteiger partial charge >= 0.3 is 6.09 Å². The van der Waals surface area contributed by atoms with E-state index in [-0.39, 0.29) is 11.6 Å². The van der Waals surface area contributed by atoms with Gasteiger partial charge in [-0.15, -0.1) is 0 Å². The lowest BCUT2D eigenvalue weighted by atomic mass is 10.2. The van der Waals surface area contributed by atoms with Crippen molar-refractivity contribution < 1.29 is 22.7 Å². The van der Waals surface area contributed by atoms with Gasteiger partial charge in [0.15, 0.2) is 5.65 Å². The van der Waals surface area contributed by atoms with Crippen LogP contribution in [-0.4, -0.2) is 93.3 Å². The Balaban J connectivity index is 1.19. The predicted molar refractivity (Wildman–Crippen MR) is 161 cm³/mol. The Morgan fingerprint density at radius 3 is 2.47 bits per heavy atom. The summed E-state index contributed by atoms with van der Waals surface area (Å²) in [7, 11) is -3.53. The van der Waals surface area contributed by atoms with Crippen LogP contribution >= 0.6 is 0 Å². The van der Waals surface area contributed by atoms with Crippen molar-refractivity contribution in [3.05, 3.63) is 49.1 Å². The molecule has 5 rings (SSSR count). The van der Waals surface area contributed by atoms with Crippen molar-refractivity contribution in [2.24, 2.45) is 0 Å². The summed E-state index contributed by atoms with van der Waals surface area (Å²) in [5.74, 6) is 0.858. The van der Waals surface area contributed by atoms with Crippen molar-refractivity contribution in [1.82, 2.24) is 34.6 Å². The number of hydrogen-bond acceptors (Lipinski definition) is 12. The van der Waals surface area contributed by atoms with E-state index >= 15 is 0 Å². The van der Waals surface area contributed by atoms with Crippen molar-refractivity contribution in [3.63, 3.8) is 0 Å². The Kier molecular flexibility index (Phi) is 8.98. The summed E-state index contributed by atoms with van der Waals surface area (Å²) in [6.07, 6.45) is 6.24. The predicted octanol–water partition coefficient (Wildman–Crippen LogP) is 3.16. The maximum Gasteiger partial charge on any atom is 0.413 e. The zero-order chi connectivity index (χ0) is 30.5.